The zero-order valence-electron chi connectivity index (χ0n) is 11.9. The number of fused-ring (bicyclic) bond motifs is 1. The first kappa shape index (κ1) is 14.5. The third kappa shape index (κ3) is 2.98. The van der Waals surface area contributed by atoms with Crippen molar-refractivity contribution >= 4 is 11.6 Å². The summed E-state index contributed by atoms with van der Waals surface area (Å²) in [6, 6.07) is 3.67. The van der Waals surface area contributed by atoms with Crippen molar-refractivity contribution in [3.8, 4) is 11.5 Å². The van der Waals surface area contributed by atoms with Crippen LogP contribution in [0.15, 0.2) is 12.1 Å². The molecule has 4 heteroatoms. The molecule has 106 valence electrons. The number of hydrogen-bond acceptors (Lipinski definition) is 3. The maximum absolute atomic E-state index is 9.48. The second kappa shape index (κ2) is 4.88. The van der Waals surface area contributed by atoms with Gasteiger partial charge in [0.15, 0.2) is 11.5 Å². The van der Waals surface area contributed by atoms with Crippen LogP contribution >= 0.6 is 11.6 Å². The molecule has 0 spiro atoms. The van der Waals surface area contributed by atoms with Crippen molar-refractivity contribution < 1.29 is 14.6 Å². The molecule has 0 radical (unpaired) electrons. The molecule has 0 aliphatic carbocycles. The van der Waals surface area contributed by atoms with Crippen LogP contribution in [0.5, 0.6) is 11.5 Å². The lowest BCUT2D eigenvalue weighted by Gasteiger charge is -2.24. The molecule has 2 rings (SSSR count). The van der Waals surface area contributed by atoms with Crippen molar-refractivity contribution in [1.29, 1.82) is 0 Å². The van der Waals surface area contributed by atoms with Gasteiger partial charge in [0.2, 0.25) is 0 Å². The number of ether oxygens (including phenoxy) is 2. The van der Waals surface area contributed by atoms with E-state index in [1.807, 2.05) is 19.9 Å². The molecule has 1 aromatic carbocycles. The first-order chi connectivity index (χ1) is 8.75. The lowest BCUT2D eigenvalue weighted by atomic mass is 9.85. The minimum Gasteiger partial charge on any atom is -0.489 e. The van der Waals surface area contributed by atoms with Crippen molar-refractivity contribution in [2.24, 2.45) is 5.41 Å². The Balaban J connectivity index is 2.42. The summed E-state index contributed by atoms with van der Waals surface area (Å²) in [5.41, 5.74) is 0.439. The van der Waals surface area contributed by atoms with E-state index in [0.29, 0.717) is 29.7 Å². The maximum atomic E-state index is 9.48. The van der Waals surface area contributed by atoms with Gasteiger partial charge in [-0.15, -0.1) is 0 Å². The van der Waals surface area contributed by atoms with E-state index in [9.17, 15) is 5.11 Å². The summed E-state index contributed by atoms with van der Waals surface area (Å²) in [6.45, 7) is 9.31. The highest BCUT2D eigenvalue weighted by atomic mass is 35.5. The molecule has 1 heterocycles. The Morgan fingerprint density at radius 1 is 1.21 bits per heavy atom. The Hall–Kier alpha value is -0.930. The van der Waals surface area contributed by atoms with Gasteiger partial charge < -0.3 is 14.6 Å². The predicted molar refractivity (Wildman–Crippen MR) is 76.3 cm³/mol. The number of halogens is 1. The van der Waals surface area contributed by atoms with Crippen LogP contribution in [0.4, 0.5) is 0 Å². The van der Waals surface area contributed by atoms with Crippen LogP contribution in [0.25, 0.3) is 0 Å². The molecule has 0 bridgehead atoms. The van der Waals surface area contributed by atoms with Gasteiger partial charge in [0, 0.05) is 21.9 Å². The van der Waals surface area contributed by atoms with E-state index in [1.165, 1.54) is 0 Å². The van der Waals surface area contributed by atoms with Gasteiger partial charge in [0.05, 0.1) is 19.8 Å². The third-order valence-corrected chi connectivity index (χ3v) is 3.71. The summed E-state index contributed by atoms with van der Waals surface area (Å²) < 4.78 is 11.6. The summed E-state index contributed by atoms with van der Waals surface area (Å²) in [7, 11) is 0. The molecule has 0 saturated heterocycles. The van der Waals surface area contributed by atoms with Gasteiger partial charge in [0.25, 0.3) is 0 Å². The van der Waals surface area contributed by atoms with Crippen LogP contribution in [0.2, 0.25) is 5.02 Å². The van der Waals surface area contributed by atoms with Gasteiger partial charge in [0.1, 0.15) is 0 Å². The quantitative estimate of drug-likeness (QED) is 0.904. The molecule has 1 N–H and O–H groups in total. The summed E-state index contributed by atoms with van der Waals surface area (Å²) in [5.74, 6) is 1.37. The molecular weight excluding hydrogens is 264 g/mol. The van der Waals surface area contributed by atoms with Crippen molar-refractivity contribution in [3.05, 3.63) is 22.7 Å². The van der Waals surface area contributed by atoms with E-state index in [0.717, 1.165) is 5.56 Å². The highest BCUT2D eigenvalue weighted by Gasteiger charge is 2.29. The van der Waals surface area contributed by atoms with Gasteiger partial charge in [-0.1, -0.05) is 39.3 Å². The summed E-state index contributed by atoms with van der Waals surface area (Å²) in [6.07, 6.45) is 0. The summed E-state index contributed by atoms with van der Waals surface area (Å²) in [5, 5.41) is 10.1. The Kier molecular flexibility index (Phi) is 3.72. The van der Waals surface area contributed by atoms with E-state index in [-0.39, 0.29) is 12.0 Å². The fourth-order valence-corrected chi connectivity index (χ4v) is 2.36. The van der Waals surface area contributed by atoms with Crippen molar-refractivity contribution in [2.75, 3.05) is 19.8 Å². The zero-order valence-corrected chi connectivity index (χ0v) is 12.7. The average molecular weight is 285 g/mol. The Labute approximate surface area is 119 Å². The average Bonchev–Trinajstić information content (AvgIpc) is 2.48. The summed E-state index contributed by atoms with van der Waals surface area (Å²) in [4.78, 5) is 0. The van der Waals surface area contributed by atoms with Crippen LogP contribution in [0.1, 0.15) is 33.3 Å². The minimum absolute atomic E-state index is 0.0257. The minimum atomic E-state index is -0.405. The largest absolute Gasteiger partial charge is 0.489 e. The molecule has 0 unspecified atom stereocenters. The van der Waals surface area contributed by atoms with Gasteiger partial charge >= 0.3 is 0 Å². The van der Waals surface area contributed by atoms with Crippen molar-refractivity contribution in [2.45, 2.75) is 33.1 Å². The number of aliphatic hydroxyl groups excluding tert-OH is 1. The van der Waals surface area contributed by atoms with E-state index >= 15 is 0 Å². The molecular formula is C15H21ClO3. The normalized spacial score (nSPS) is 18.0. The third-order valence-electron chi connectivity index (χ3n) is 3.39. The molecule has 0 aromatic heterocycles. The molecule has 1 aromatic rings. The molecule has 0 amide bonds. The van der Waals surface area contributed by atoms with Crippen LogP contribution in [0.3, 0.4) is 0 Å². The van der Waals surface area contributed by atoms with Gasteiger partial charge in [-0.2, -0.15) is 0 Å². The van der Waals surface area contributed by atoms with Crippen molar-refractivity contribution in [3.63, 3.8) is 0 Å². The van der Waals surface area contributed by atoms with E-state index < -0.39 is 5.41 Å². The van der Waals surface area contributed by atoms with Crippen LogP contribution in [0, 0.1) is 5.41 Å². The standard InChI is InChI=1S/C15H21ClO3/c1-14(2)8-18-12-5-10(15(3,4)7-17)11(16)6-13(12)19-9-14/h5-6,17H,7-9H2,1-4H3. The van der Waals surface area contributed by atoms with E-state index in [4.69, 9.17) is 21.1 Å². The second-order valence-corrected chi connectivity index (χ2v) is 6.97. The van der Waals surface area contributed by atoms with Gasteiger partial charge in [-0.05, 0) is 11.6 Å². The Morgan fingerprint density at radius 3 is 2.26 bits per heavy atom. The lowest BCUT2D eigenvalue weighted by Crippen LogP contribution is -2.26. The number of rotatable bonds is 2. The van der Waals surface area contributed by atoms with Crippen molar-refractivity contribution in [1.82, 2.24) is 0 Å². The molecule has 0 saturated carbocycles. The topological polar surface area (TPSA) is 38.7 Å². The van der Waals surface area contributed by atoms with Gasteiger partial charge in [-0.3, -0.25) is 0 Å². The fourth-order valence-electron chi connectivity index (χ4n) is 1.95. The van der Waals surface area contributed by atoms with Gasteiger partial charge in [-0.25, -0.2) is 0 Å². The Morgan fingerprint density at radius 2 is 1.74 bits per heavy atom. The smallest absolute Gasteiger partial charge is 0.162 e. The molecule has 0 atom stereocenters. The SMILES string of the molecule is CC1(C)COc2cc(Cl)c(C(C)(C)CO)cc2OC1. The first-order valence-electron chi connectivity index (χ1n) is 6.46. The number of hydrogen-bond donors (Lipinski definition) is 1. The monoisotopic (exact) mass is 284 g/mol. The zero-order chi connectivity index (χ0) is 14.3. The number of benzene rings is 1. The second-order valence-electron chi connectivity index (χ2n) is 6.56. The first-order valence-corrected chi connectivity index (χ1v) is 6.83. The number of aliphatic hydroxyl groups is 1. The molecule has 3 nitrogen and oxygen atoms in total. The highest BCUT2D eigenvalue weighted by molar-refractivity contribution is 6.31. The highest BCUT2D eigenvalue weighted by Crippen LogP contribution is 2.41. The lowest BCUT2D eigenvalue weighted by molar-refractivity contribution is 0.140. The molecule has 1 aliphatic rings. The molecule has 0 fully saturated rings. The van der Waals surface area contributed by atoms with E-state index in [1.54, 1.807) is 6.07 Å². The molecule has 1 aliphatic heterocycles. The van der Waals surface area contributed by atoms with E-state index in [2.05, 4.69) is 13.8 Å². The van der Waals surface area contributed by atoms with Crippen LogP contribution in [-0.2, 0) is 5.41 Å². The predicted octanol–water partition coefficient (Wildman–Crippen LogP) is 3.41. The summed E-state index contributed by atoms with van der Waals surface area (Å²) >= 11 is 6.30. The van der Waals surface area contributed by atoms with Crippen LogP contribution in [-0.4, -0.2) is 24.9 Å². The fraction of sp³-hybridized carbons (Fsp3) is 0.600. The maximum Gasteiger partial charge on any atom is 0.162 e. The van der Waals surface area contributed by atoms with Crippen LogP contribution < -0.4 is 9.47 Å². The Bertz CT molecular complexity index is 481. The molecule has 19 heavy (non-hydrogen) atoms.